The van der Waals surface area contributed by atoms with Crippen LogP contribution in [0.1, 0.15) is 0 Å². The first-order valence-corrected chi connectivity index (χ1v) is 7.89. The molecule has 0 saturated heterocycles. The van der Waals surface area contributed by atoms with E-state index in [1.54, 1.807) is 14.2 Å². The van der Waals surface area contributed by atoms with Gasteiger partial charge in [-0.05, 0) is 54.6 Å². The molecule has 0 N–H and O–H groups in total. The van der Waals surface area contributed by atoms with Crippen molar-refractivity contribution in [1.82, 2.24) is 0 Å². The van der Waals surface area contributed by atoms with E-state index in [1.165, 1.54) is 0 Å². The molecule has 1 aromatic heterocycles. The number of halogens is 4. The fourth-order valence-electron chi connectivity index (χ4n) is 2.23. The molecule has 1 heterocycles. The van der Waals surface area contributed by atoms with E-state index < -0.39 is 7.25 Å². The lowest BCUT2D eigenvalue weighted by atomic mass is 10.1. The van der Waals surface area contributed by atoms with Crippen molar-refractivity contribution >= 4 is 7.25 Å². The van der Waals surface area contributed by atoms with Crippen LogP contribution in [0.4, 0.5) is 17.3 Å². The molecule has 2 aromatic carbocycles. The maximum absolute atomic E-state index is 9.75. The summed E-state index contributed by atoms with van der Waals surface area (Å²) in [5.41, 5.74) is 2.02. The second kappa shape index (κ2) is 9.07. The molecule has 142 valence electrons. The van der Waals surface area contributed by atoms with Gasteiger partial charge in [-0.15, -0.1) is 0 Å². The van der Waals surface area contributed by atoms with Crippen molar-refractivity contribution in [2.24, 2.45) is 0 Å². The molecule has 3 rings (SSSR count). The Labute approximate surface area is 154 Å². The van der Waals surface area contributed by atoms with Gasteiger partial charge in [-0.2, -0.15) is 0 Å². The van der Waals surface area contributed by atoms with E-state index in [1.807, 2.05) is 66.7 Å². The molecule has 27 heavy (non-hydrogen) atoms. The number of benzene rings is 2. The third kappa shape index (κ3) is 6.65. The third-order valence-electron chi connectivity index (χ3n) is 3.46. The molecule has 0 aliphatic rings. The van der Waals surface area contributed by atoms with Gasteiger partial charge in [0.1, 0.15) is 11.5 Å². The third-order valence-corrected chi connectivity index (χ3v) is 3.46. The normalized spacial score (nSPS) is 10.6. The van der Waals surface area contributed by atoms with Gasteiger partial charge in [0.25, 0.3) is 0 Å². The Hall–Kier alpha value is -3.03. The van der Waals surface area contributed by atoms with Gasteiger partial charge in [-0.1, -0.05) is 0 Å². The number of ether oxygens (including phenoxy) is 2. The van der Waals surface area contributed by atoms with Gasteiger partial charge in [0.2, 0.25) is 0 Å². The summed E-state index contributed by atoms with van der Waals surface area (Å²) in [4.78, 5) is 0. The molecule has 0 unspecified atom stereocenters. The summed E-state index contributed by atoms with van der Waals surface area (Å²) < 4.78 is 55.4. The Morgan fingerprint density at radius 3 is 1.26 bits per heavy atom. The van der Waals surface area contributed by atoms with Crippen molar-refractivity contribution in [2.75, 3.05) is 14.2 Å². The quantitative estimate of drug-likeness (QED) is 0.306. The minimum absolute atomic E-state index is 0.816. The van der Waals surface area contributed by atoms with Gasteiger partial charge in [0.05, 0.1) is 25.3 Å². The van der Waals surface area contributed by atoms with E-state index in [0.717, 1.165) is 34.1 Å². The first-order chi connectivity index (χ1) is 12.8. The molecule has 0 saturated carbocycles. The molecule has 0 aliphatic heterocycles. The summed E-state index contributed by atoms with van der Waals surface area (Å²) in [6.07, 6.45) is 0. The van der Waals surface area contributed by atoms with Crippen molar-refractivity contribution in [3.63, 3.8) is 0 Å². The van der Waals surface area contributed by atoms with Crippen LogP contribution in [-0.2, 0) is 0 Å². The molecule has 0 aliphatic carbocycles. The maximum atomic E-state index is 9.75. The van der Waals surface area contributed by atoms with E-state index in [9.17, 15) is 17.3 Å². The van der Waals surface area contributed by atoms with Crippen molar-refractivity contribution in [3.05, 3.63) is 66.7 Å². The number of rotatable bonds is 4. The molecule has 0 bridgehead atoms. The average molecular weight is 380 g/mol. The highest BCUT2D eigenvalue weighted by Crippen LogP contribution is 2.28. The van der Waals surface area contributed by atoms with Crippen LogP contribution in [0.5, 0.6) is 11.5 Å². The predicted molar refractivity (Wildman–Crippen MR) is 97.3 cm³/mol. The lowest BCUT2D eigenvalue weighted by Gasteiger charge is -2.00. The Morgan fingerprint density at radius 1 is 0.630 bits per heavy atom. The van der Waals surface area contributed by atoms with Crippen LogP contribution >= 0.6 is 0 Å². The van der Waals surface area contributed by atoms with Gasteiger partial charge in [-0.3, -0.25) is 0 Å². The Morgan fingerprint density at radius 2 is 0.963 bits per heavy atom. The molecule has 3 nitrogen and oxygen atoms in total. The molecule has 0 radical (unpaired) electrons. The summed E-state index contributed by atoms with van der Waals surface area (Å²) in [5.74, 6) is 3.29. The lowest BCUT2D eigenvalue weighted by Crippen LogP contribution is -2.02. The molecule has 0 spiro atoms. The van der Waals surface area contributed by atoms with E-state index in [-0.39, 0.29) is 0 Å². The van der Waals surface area contributed by atoms with Crippen LogP contribution in [0, 0.1) is 0 Å². The molecular formula is C19H17BF4O3. The maximum Gasteiger partial charge on any atom is 0.673 e. The van der Waals surface area contributed by atoms with Gasteiger partial charge in [0.15, 0.2) is 0 Å². The summed E-state index contributed by atoms with van der Waals surface area (Å²) in [7, 11) is -2.69. The average Bonchev–Trinajstić information content (AvgIpc) is 2.67. The Balaban J connectivity index is 0.000000465. The predicted octanol–water partition coefficient (Wildman–Crippen LogP) is 6.21. The second-order valence-electron chi connectivity index (χ2n) is 5.31. The Kier molecular flexibility index (Phi) is 6.82. The highest BCUT2D eigenvalue weighted by atomic mass is 19.5. The minimum atomic E-state index is -6.00. The zero-order valence-electron chi connectivity index (χ0n) is 14.7. The molecule has 0 fully saturated rings. The van der Waals surface area contributed by atoms with Crippen LogP contribution in [-0.4, -0.2) is 21.5 Å². The van der Waals surface area contributed by atoms with Crippen LogP contribution < -0.4 is 9.47 Å². The Bertz CT molecular complexity index is 781. The monoisotopic (exact) mass is 380 g/mol. The van der Waals surface area contributed by atoms with Gasteiger partial charge in [0, 0.05) is 12.1 Å². The first kappa shape index (κ1) is 20.3. The lowest BCUT2D eigenvalue weighted by molar-refractivity contribution is 0.368. The van der Waals surface area contributed by atoms with Crippen LogP contribution in [0.15, 0.2) is 71.1 Å². The molecule has 0 atom stereocenters. The highest BCUT2D eigenvalue weighted by molar-refractivity contribution is 6.50. The van der Waals surface area contributed by atoms with E-state index in [0.29, 0.717) is 0 Å². The van der Waals surface area contributed by atoms with Crippen LogP contribution in [0.2, 0.25) is 0 Å². The van der Waals surface area contributed by atoms with Gasteiger partial charge < -0.3 is 26.7 Å². The van der Waals surface area contributed by atoms with E-state index in [2.05, 4.69) is 0 Å². The number of hydrogen-bond acceptors (Lipinski definition) is 2. The minimum Gasteiger partial charge on any atom is -0.497 e. The zero-order valence-corrected chi connectivity index (χ0v) is 14.7. The summed E-state index contributed by atoms with van der Waals surface area (Å²) >= 11 is 0. The van der Waals surface area contributed by atoms with Crippen molar-refractivity contribution in [3.8, 4) is 34.1 Å². The summed E-state index contributed by atoms with van der Waals surface area (Å²) in [5, 5.41) is 0. The van der Waals surface area contributed by atoms with Crippen molar-refractivity contribution in [2.45, 2.75) is 0 Å². The van der Waals surface area contributed by atoms with Gasteiger partial charge in [-0.25, -0.2) is 4.42 Å². The second-order valence-corrected chi connectivity index (χ2v) is 5.31. The van der Waals surface area contributed by atoms with Gasteiger partial charge >= 0.3 is 18.8 Å². The van der Waals surface area contributed by atoms with Crippen molar-refractivity contribution in [1.29, 1.82) is 0 Å². The first-order valence-electron chi connectivity index (χ1n) is 7.89. The highest BCUT2D eigenvalue weighted by Gasteiger charge is 2.20. The SMILES string of the molecule is COc1ccc(-c2cccc(-c3ccc(OC)cc3)[o+]2)cc1.F[B-](F)(F)F. The summed E-state index contributed by atoms with van der Waals surface area (Å²) in [6, 6.07) is 21.5. The number of hydrogen-bond donors (Lipinski definition) is 0. The molecule has 8 heteroatoms. The van der Waals surface area contributed by atoms with E-state index in [4.69, 9.17) is 13.9 Å². The zero-order chi connectivity index (χ0) is 19.9. The molecule has 0 amide bonds. The largest absolute Gasteiger partial charge is 0.673 e. The van der Waals surface area contributed by atoms with Crippen molar-refractivity contribution < 1.29 is 31.2 Å². The van der Waals surface area contributed by atoms with Crippen LogP contribution in [0.25, 0.3) is 22.6 Å². The summed E-state index contributed by atoms with van der Waals surface area (Å²) in [6.45, 7) is 0. The standard InChI is InChI=1S/C19H17O3.BF4/c1-20-16-10-6-14(7-11-16)18-4-3-5-19(22-18)15-8-12-17(21-2)13-9-15;2-1(3,4)5/h3-13H,1-2H3;/q+1;-1. The fourth-order valence-corrected chi connectivity index (χ4v) is 2.23. The van der Waals surface area contributed by atoms with E-state index >= 15 is 0 Å². The fraction of sp³-hybridized carbons (Fsp3) is 0.105. The topological polar surface area (TPSA) is 29.8 Å². The van der Waals surface area contributed by atoms with Crippen LogP contribution in [0.3, 0.4) is 0 Å². The smallest absolute Gasteiger partial charge is 0.497 e. The molecular weight excluding hydrogens is 363 g/mol. The molecule has 3 aromatic rings. The number of methoxy groups -OCH3 is 2.